The highest BCUT2D eigenvalue weighted by atomic mass is 79.9. The van der Waals surface area contributed by atoms with Gasteiger partial charge in [-0.1, -0.05) is 30.3 Å². The summed E-state index contributed by atoms with van der Waals surface area (Å²) in [5.41, 5.74) is 0.383. The molecule has 2 aromatic carbocycles. The van der Waals surface area contributed by atoms with Crippen LogP contribution in [0.2, 0.25) is 0 Å². The molecule has 1 aliphatic carbocycles. The molecule has 3 atom stereocenters. The monoisotopic (exact) mass is 493 g/mol. The number of ether oxygens (including phenoxy) is 3. The highest BCUT2D eigenvalue weighted by Crippen LogP contribution is 2.35. The lowest BCUT2D eigenvalue weighted by Crippen LogP contribution is -2.43. The Labute approximate surface area is 193 Å². The molecule has 2 heterocycles. The number of carbonyl (C=O) groups excluding carboxylic acids is 2. The van der Waals surface area contributed by atoms with Crippen LogP contribution in [0.5, 0.6) is 5.75 Å². The van der Waals surface area contributed by atoms with E-state index in [0.29, 0.717) is 35.0 Å². The summed E-state index contributed by atoms with van der Waals surface area (Å²) < 4.78 is 18.1. The number of hydrogen-bond donors (Lipinski definition) is 0. The number of fused-ring (bicyclic) bond motifs is 2. The Hall–Kier alpha value is -3.19. The van der Waals surface area contributed by atoms with Crippen LogP contribution in [-0.4, -0.2) is 28.9 Å². The number of halogens is 1. The number of aromatic nitrogens is 1. The van der Waals surface area contributed by atoms with Crippen LogP contribution in [0, 0.1) is 5.92 Å². The maximum absolute atomic E-state index is 13.0. The summed E-state index contributed by atoms with van der Waals surface area (Å²) in [4.78, 5) is 29.4. The molecule has 3 aromatic rings. The fourth-order valence-corrected chi connectivity index (χ4v) is 4.58. The van der Waals surface area contributed by atoms with Gasteiger partial charge >= 0.3 is 5.97 Å². The number of ketones is 1. The molecule has 0 spiro atoms. The first kappa shape index (κ1) is 20.7. The second-order valence-electron chi connectivity index (χ2n) is 7.97. The van der Waals surface area contributed by atoms with Crippen LogP contribution >= 0.6 is 15.9 Å². The number of carbonyl (C=O) groups is 2. The molecule has 0 saturated heterocycles. The highest BCUT2D eigenvalue weighted by molar-refractivity contribution is 9.10. The van der Waals surface area contributed by atoms with Crippen LogP contribution in [0.3, 0.4) is 0 Å². The second kappa shape index (κ2) is 8.74. The minimum atomic E-state index is -0.430. The molecule has 1 aromatic heterocycles. The van der Waals surface area contributed by atoms with Crippen LogP contribution in [0.25, 0.3) is 10.8 Å². The maximum Gasteiger partial charge on any atom is 0.340 e. The number of esters is 1. The van der Waals surface area contributed by atoms with Crippen molar-refractivity contribution in [2.24, 2.45) is 5.92 Å². The van der Waals surface area contributed by atoms with E-state index in [2.05, 4.69) is 20.9 Å². The molecular formula is C25H20BrNO5. The molecule has 3 unspecified atom stereocenters. The zero-order valence-electron chi connectivity index (χ0n) is 17.1. The van der Waals surface area contributed by atoms with Gasteiger partial charge < -0.3 is 14.2 Å². The summed E-state index contributed by atoms with van der Waals surface area (Å²) in [6, 6.07) is 15.3. The fraction of sp³-hybridized carbons (Fsp3) is 0.240. The quantitative estimate of drug-likeness (QED) is 0.464. The molecule has 0 N–H and O–H groups in total. The third-order valence-electron chi connectivity index (χ3n) is 5.84. The molecule has 0 bridgehead atoms. The standard InChI is InChI=1S/C25H20BrNO5/c26-18-9-17(12-27-13-18)25(29)32-20-7-8-21-22(11-20)30-14-23(24(21)28)31-19-6-5-15-3-1-2-4-16(15)10-19/h1-6,9-10,12-14,20-22H,7-8,11H2. The average Bonchev–Trinajstić information content (AvgIpc) is 2.81. The topological polar surface area (TPSA) is 74.7 Å². The van der Waals surface area contributed by atoms with Gasteiger partial charge in [-0.3, -0.25) is 9.78 Å². The first-order chi connectivity index (χ1) is 15.6. The van der Waals surface area contributed by atoms with Crippen molar-refractivity contribution in [1.82, 2.24) is 4.98 Å². The first-order valence-electron chi connectivity index (χ1n) is 10.4. The molecule has 162 valence electrons. The lowest BCUT2D eigenvalue weighted by Gasteiger charge is -2.36. The molecule has 7 heteroatoms. The van der Waals surface area contributed by atoms with E-state index in [-0.39, 0.29) is 29.7 Å². The number of nitrogens with zero attached hydrogens (tertiary/aromatic N) is 1. The smallest absolute Gasteiger partial charge is 0.340 e. The van der Waals surface area contributed by atoms with E-state index in [1.165, 1.54) is 12.5 Å². The van der Waals surface area contributed by atoms with Crippen molar-refractivity contribution in [1.29, 1.82) is 0 Å². The zero-order valence-corrected chi connectivity index (χ0v) is 18.7. The van der Waals surface area contributed by atoms with Crippen molar-refractivity contribution < 1.29 is 23.8 Å². The van der Waals surface area contributed by atoms with Gasteiger partial charge in [0, 0.05) is 23.3 Å². The molecule has 0 amide bonds. The van der Waals surface area contributed by atoms with E-state index in [9.17, 15) is 9.59 Å². The predicted octanol–water partition coefficient (Wildman–Crippen LogP) is 5.21. The normalized spacial score (nSPS) is 22.5. The Morgan fingerprint density at radius 3 is 2.75 bits per heavy atom. The van der Waals surface area contributed by atoms with Gasteiger partial charge in [0.15, 0.2) is 0 Å². The molecule has 1 aliphatic heterocycles. The van der Waals surface area contributed by atoms with Crippen LogP contribution in [0.15, 0.2) is 77.4 Å². The second-order valence-corrected chi connectivity index (χ2v) is 8.89. The van der Waals surface area contributed by atoms with Gasteiger partial charge in [-0.05, 0) is 57.7 Å². The Morgan fingerprint density at radius 2 is 1.91 bits per heavy atom. The van der Waals surface area contributed by atoms with Gasteiger partial charge in [0.1, 0.15) is 24.2 Å². The van der Waals surface area contributed by atoms with Gasteiger partial charge in [0.2, 0.25) is 11.5 Å². The minimum absolute atomic E-state index is 0.0737. The SMILES string of the molecule is O=C(OC1CCC2C(=O)C(Oc3ccc4ccccc4c3)=COC2C1)c1cncc(Br)c1. The minimum Gasteiger partial charge on any atom is -0.493 e. The molecule has 6 nitrogen and oxygen atoms in total. The number of Topliss-reactive ketones (excluding diaryl/α,β-unsaturated/α-hetero) is 1. The average molecular weight is 494 g/mol. The summed E-state index contributed by atoms with van der Waals surface area (Å²) in [6.45, 7) is 0. The molecule has 0 radical (unpaired) electrons. The third-order valence-corrected chi connectivity index (χ3v) is 6.27. The summed E-state index contributed by atoms with van der Waals surface area (Å²) >= 11 is 3.30. The van der Waals surface area contributed by atoms with Crippen molar-refractivity contribution in [2.75, 3.05) is 0 Å². The van der Waals surface area contributed by atoms with Crippen molar-refractivity contribution in [2.45, 2.75) is 31.5 Å². The highest BCUT2D eigenvalue weighted by Gasteiger charge is 2.42. The van der Waals surface area contributed by atoms with E-state index in [1.54, 1.807) is 12.3 Å². The molecule has 1 fully saturated rings. The van der Waals surface area contributed by atoms with Crippen molar-refractivity contribution in [3.63, 3.8) is 0 Å². The Morgan fingerprint density at radius 1 is 1.06 bits per heavy atom. The predicted molar refractivity (Wildman–Crippen MR) is 121 cm³/mol. The van der Waals surface area contributed by atoms with Crippen molar-refractivity contribution in [3.05, 3.63) is 83.0 Å². The van der Waals surface area contributed by atoms with Crippen LogP contribution < -0.4 is 4.74 Å². The van der Waals surface area contributed by atoms with E-state index in [4.69, 9.17) is 14.2 Å². The van der Waals surface area contributed by atoms with E-state index < -0.39 is 5.97 Å². The summed E-state index contributed by atoms with van der Waals surface area (Å²) in [7, 11) is 0. The van der Waals surface area contributed by atoms with Crippen LogP contribution in [0.4, 0.5) is 0 Å². The lowest BCUT2D eigenvalue weighted by atomic mass is 9.80. The molecule has 1 saturated carbocycles. The van der Waals surface area contributed by atoms with Crippen molar-refractivity contribution in [3.8, 4) is 5.75 Å². The number of hydrogen-bond acceptors (Lipinski definition) is 6. The number of benzene rings is 2. The summed E-state index contributed by atoms with van der Waals surface area (Å²) in [5, 5.41) is 2.14. The van der Waals surface area contributed by atoms with Crippen LogP contribution in [-0.2, 0) is 14.3 Å². The van der Waals surface area contributed by atoms with E-state index in [0.717, 1.165) is 10.8 Å². The lowest BCUT2D eigenvalue weighted by molar-refractivity contribution is -0.132. The maximum atomic E-state index is 13.0. The van der Waals surface area contributed by atoms with Gasteiger partial charge in [-0.2, -0.15) is 0 Å². The zero-order chi connectivity index (χ0) is 22.1. The van der Waals surface area contributed by atoms with E-state index >= 15 is 0 Å². The van der Waals surface area contributed by atoms with Crippen LogP contribution in [0.1, 0.15) is 29.6 Å². The third kappa shape index (κ3) is 4.25. The largest absolute Gasteiger partial charge is 0.493 e. The van der Waals surface area contributed by atoms with Gasteiger partial charge in [0.25, 0.3) is 0 Å². The Balaban J connectivity index is 1.24. The number of pyridine rings is 1. The first-order valence-corrected chi connectivity index (χ1v) is 11.2. The van der Waals surface area contributed by atoms with Gasteiger partial charge in [0.05, 0.1) is 11.5 Å². The molecule has 5 rings (SSSR count). The summed E-state index contributed by atoms with van der Waals surface area (Å²) in [5.74, 6) is -0.0126. The summed E-state index contributed by atoms with van der Waals surface area (Å²) in [6.07, 6.45) is 5.44. The number of rotatable bonds is 4. The Bertz CT molecular complexity index is 1220. The fourth-order valence-electron chi connectivity index (χ4n) is 4.22. The molecule has 32 heavy (non-hydrogen) atoms. The van der Waals surface area contributed by atoms with Gasteiger partial charge in [-0.25, -0.2) is 4.79 Å². The van der Waals surface area contributed by atoms with Gasteiger partial charge in [-0.15, -0.1) is 0 Å². The molecule has 2 aliphatic rings. The number of allylic oxidation sites excluding steroid dienone is 1. The van der Waals surface area contributed by atoms with Crippen molar-refractivity contribution >= 4 is 38.5 Å². The Kier molecular flexibility index (Phi) is 5.66. The molecular weight excluding hydrogens is 474 g/mol. The van der Waals surface area contributed by atoms with E-state index in [1.807, 2.05) is 42.5 Å².